The average Bonchev–Trinajstić information content (AvgIpc) is 2.53. The molecule has 2 aromatic carbocycles. The molecule has 0 bridgehead atoms. The maximum atomic E-state index is 13.1. The van der Waals surface area contributed by atoms with E-state index in [4.69, 9.17) is 0 Å². The second-order valence-electron chi connectivity index (χ2n) is 4.90. The van der Waals surface area contributed by atoms with E-state index in [9.17, 15) is 17.6 Å². The van der Waals surface area contributed by atoms with Crippen LogP contribution in [0.15, 0.2) is 48.5 Å². The van der Waals surface area contributed by atoms with E-state index in [1.165, 1.54) is 43.3 Å². The zero-order valence-corrected chi connectivity index (χ0v) is 13.4. The molecular weight excluding hydrogens is 319 g/mol. The van der Waals surface area contributed by atoms with Crippen LogP contribution in [0.5, 0.6) is 0 Å². The van der Waals surface area contributed by atoms with E-state index in [0.717, 1.165) is 0 Å². The lowest BCUT2D eigenvalue weighted by molar-refractivity contribution is 0.0951. The van der Waals surface area contributed by atoms with E-state index in [2.05, 4.69) is 10.0 Å². The summed E-state index contributed by atoms with van der Waals surface area (Å²) in [7, 11) is -3.34. The Morgan fingerprint density at radius 1 is 1.13 bits per heavy atom. The van der Waals surface area contributed by atoms with E-state index in [1.54, 1.807) is 12.1 Å². The molecule has 2 N–H and O–H groups in total. The molecule has 5 nitrogen and oxygen atoms in total. The molecule has 2 aromatic rings. The number of benzene rings is 2. The van der Waals surface area contributed by atoms with Crippen LogP contribution < -0.4 is 10.0 Å². The number of carbonyl (C=O) groups is 1. The molecule has 0 radical (unpaired) electrons. The maximum Gasteiger partial charge on any atom is 0.251 e. The van der Waals surface area contributed by atoms with E-state index < -0.39 is 10.0 Å². The number of nitrogens with one attached hydrogen (secondary N) is 2. The number of amides is 1. The molecule has 0 atom stereocenters. The lowest BCUT2D eigenvalue weighted by Gasteiger charge is -2.08. The molecule has 0 saturated heterocycles. The summed E-state index contributed by atoms with van der Waals surface area (Å²) in [5, 5.41) is 2.68. The Morgan fingerprint density at radius 2 is 1.83 bits per heavy atom. The summed E-state index contributed by atoms with van der Waals surface area (Å²) in [6.07, 6.45) is 0. The number of halogens is 1. The normalized spacial score (nSPS) is 11.0. The number of hydrogen-bond acceptors (Lipinski definition) is 3. The molecule has 0 aliphatic rings. The fourth-order valence-corrected chi connectivity index (χ4v) is 2.51. The van der Waals surface area contributed by atoms with Gasteiger partial charge < -0.3 is 5.32 Å². The van der Waals surface area contributed by atoms with Crippen molar-refractivity contribution in [3.63, 3.8) is 0 Å². The highest BCUT2D eigenvalue weighted by atomic mass is 32.2. The third-order valence-electron chi connectivity index (χ3n) is 3.14. The van der Waals surface area contributed by atoms with Crippen molar-refractivity contribution in [2.24, 2.45) is 0 Å². The highest BCUT2D eigenvalue weighted by Gasteiger charge is 2.09. The van der Waals surface area contributed by atoms with Crippen LogP contribution in [-0.4, -0.2) is 20.1 Å². The van der Waals surface area contributed by atoms with Gasteiger partial charge in [-0.3, -0.25) is 9.52 Å². The molecule has 1 amide bonds. The average molecular weight is 336 g/mol. The number of carbonyl (C=O) groups excluding carboxylic acids is 1. The summed E-state index contributed by atoms with van der Waals surface area (Å²) >= 11 is 0. The van der Waals surface area contributed by atoms with Gasteiger partial charge in [0.1, 0.15) is 5.82 Å². The Balaban J connectivity index is 1.97. The molecule has 0 aromatic heterocycles. The van der Waals surface area contributed by atoms with Crippen molar-refractivity contribution in [1.29, 1.82) is 0 Å². The van der Waals surface area contributed by atoms with Crippen LogP contribution in [0.25, 0.3) is 0 Å². The van der Waals surface area contributed by atoms with Crippen molar-refractivity contribution in [1.82, 2.24) is 5.32 Å². The highest BCUT2D eigenvalue weighted by molar-refractivity contribution is 7.92. The standard InChI is InChI=1S/C16H17FN2O3S/c1-2-23(21,22)19-15-8-6-13(7-9-15)16(20)18-11-12-4-3-5-14(17)10-12/h3-10,19H,2,11H2,1H3,(H,18,20). The van der Waals surface area contributed by atoms with Gasteiger partial charge in [0.25, 0.3) is 5.91 Å². The van der Waals surface area contributed by atoms with Crippen molar-refractivity contribution in [3.8, 4) is 0 Å². The van der Waals surface area contributed by atoms with E-state index >= 15 is 0 Å². The fraction of sp³-hybridized carbons (Fsp3) is 0.188. The Kier molecular flexibility index (Phi) is 5.33. The lowest BCUT2D eigenvalue weighted by atomic mass is 10.2. The minimum absolute atomic E-state index is 0.0249. The van der Waals surface area contributed by atoms with E-state index in [-0.39, 0.29) is 24.0 Å². The van der Waals surface area contributed by atoms with Gasteiger partial charge in [0.2, 0.25) is 10.0 Å². The highest BCUT2D eigenvalue weighted by Crippen LogP contribution is 2.12. The van der Waals surface area contributed by atoms with Gasteiger partial charge in [-0.2, -0.15) is 0 Å². The van der Waals surface area contributed by atoms with Crippen molar-refractivity contribution in [2.45, 2.75) is 13.5 Å². The Bertz CT molecular complexity index is 789. The van der Waals surface area contributed by atoms with Crippen molar-refractivity contribution in [3.05, 3.63) is 65.5 Å². The SMILES string of the molecule is CCS(=O)(=O)Nc1ccc(C(=O)NCc2cccc(F)c2)cc1. The number of rotatable bonds is 6. The molecule has 0 saturated carbocycles. The smallest absolute Gasteiger partial charge is 0.251 e. The molecule has 0 heterocycles. The zero-order valence-electron chi connectivity index (χ0n) is 12.5. The summed E-state index contributed by atoms with van der Waals surface area (Å²) < 4.78 is 38.4. The molecule has 0 aliphatic heterocycles. The molecule has 122 valence electrons. The van der Waals surface area contributed by atoms with Crippen molar-refractivity contribution in [2.75, 3.05) is 10.5 Å². The predicted octanol–water partition coefficient (Wildman–Crippen LogP) is 2.52. The largest absolute Gasteiger partial charge is 0.348 e. The molecule has 0 aliphatic carbocycles. The number of sulfonamides is 1. The van der Waals surface area contributed by atoms with Gasteiger partial charge in [-0.15, -0.1) is 0 Å². The summed E-state index contributed by atoms with van der Waals surface area (Å²) in [6, 6.07) is 12.1. The molecule has 23 heavy (non-hydrogen) atoms. The van der Waals surface area contributed by atoms with Gasteiger partial charge in [-0.05, 0) is 48.9 Å². The monoisotopic (exact) mass is 336 g/mol. The first-order valence-corrected chi connectivity index (χ1v) is 8.68. The third kappa shape index (κ3) is 5.07. The minimum Gasteiger partial charge on any atom is -0.348 e. The first kappa shape index (κ1) is 17.0. The summed E-state index contributed by atoms with van der Waals surface area (Å²) in [5.41, 5.74) is 1.44. The molecular formula is C16H17FN2O3S. The molecule has 0 spiro atoms. The number of hydrogen-bond donors (Lipinski definition) is 2. The first-order valence-electron chi connectivity index (χ1n) is 7.03. The van der Waals surface area contributed by atoms with Crippen molar-refractivity contribution >= 4 is 21.6 Å². The van der Waals surface area contributed by atoms with Crippen LogP contribution in [0.4, 0.5) is 10.1 Å². The third-order valence-corrected chi connectivity index (χ3v) is 4.45. The van der Waals surface area contributed by atoms with Crippen LogP contribution >= 0.6 is 0 Å². The van der Waals surface area contributed by atoms with Gasteiger partial charge in [0.15, 0.2) is 0 Å². The molecule has 0 fully saturated rings. The second kappa shape index (κ2) is 7.23. The Hall–Kier alpha value is -2.41. The molecule has 7 heteroatoms. The molecule has 0 unspecified atom stereocenters. The van der Waals surface area contributed by atoms with Crippen LogP contribution in [0, 0.1) is 5.82 Å². The van der Waals surface area contributed by atoms with E-state index in [1.807, 2.05) is 0 Å². The van der Waals surface area contributed by atoms with Gasteiger partial charge >= 0.3 is 0 Å². The summed E-state index contributed by atoms with van der Waals surface area (Å²) in [5.74, 6) is -0.702. The predicted molar refractivity (Wildman–Crippen MR) is 87.1 cm³/mol. The second-order valence-corrected chi connectivity index (χ2v) is 6.91. The first-order chi connectivity index (χ1) is 10.9. The van der Waals surface area contributed by atoms with Crippen LogP contribution in [0.3, 0.4) is 0 Å². The van der Waals surface area contributed by atoms with E-state index in [0.29, 0.717) is 16.8 Å². The van der Waals surface area contributed by atoms with Gasteiger partial charge in [0, 0.05) is 17.8 Å². The summed E-state index contributed by atoms with van der Waals surface area (Å²) in [4.78, 5) is 12.0. The van der Waals surface area contributed by atoms with Gasteiger partial charge in [0.05, 0.1) is 5.75 Å². The van der Waals surface area contributed by atoms with Gasteiger partial charge in [-0.1, -0.05) is 12.1 Å². The summed E-state index contributed by atoms with van der Waals surface area (Å²) in [6.45, 7) is 1.75. The Labute approximate surface area is 134 Å². The fourth-order valence-electron chi connectivity index (χ4n) is 1.87. The van der Waals surface area contributed by atoms with Gasteiger partial charge in [-0.25, -0.2) is 12.8 Å². The van der Waals surface area contributed by atoms with Crippen LogP contribution in [0.1, 0.15) is 22.8 Å². The Morgan fingerprint density at radius 3 is 2.43 bits per heavy atom. The molecule has 2 rings (SSSR count). The quantitative estimate of drug-likeness (QED) is 0.851. The van der Waals surface area contributed by atoms with Crippen LogP contribution in [0.2, 0.25) is 0 Å². The van der Waals surface area contributed by atoms with Crippen LogP contribution in [-0.2, 0) is 16.6 Å². The zero-order chi connectivity index (χ0) is 16.9. The lowest BCUT2D eigenvalue weighted by Crippen LogP contribution is -2.22. The van der Waals surface area contributed by atoms with Crippen molar-refractivity contribution < 1.29 is 17.6 Å². The number of anilines is 1. The topological polar surface area (TPSA) is 75.3 Å². The minimum atomic E-state index is -3.34. The maximum absolute atomic E-state index is 13.1.